The maximum absolute atomic E-state index is 5.87. The summed E-state index contributed by atoms with van der Waals surface area (Å²) in [6.07, 6.45) is 1.99. The Morgan fingerprint density at radius 1 is 1.32 bits per heavy atom. The Balaban J connectivity index is 2.44. The Bertz CT molecular complexity index is 606. The molecule has 95 valence electrons. The summed E-state index contributed by atoms with van der Waals surface area (Å²) in [6.45, 7) is 0. The molecule has 0 aliphatic heterocycles. The molecule has 0 amide bonds. The van der Waals surface area contributed by atoms with Gasteiger partial charge in [-0.1, -0.05) is 42.0 Å². The zero-order chi connectivity index (χ0) is 13.7. The fourth-order valence-electron chi connectivity index (χ4n) is 1.58. The zero-order valence-corrected chi connectivity index (χ0v) is 12.6. The van der Waals surface area contributed by atoms with E-state index in [4.69, 9.17) is 23.8 Å². The van der Waals surface area contributed by atoms with Crippen molar-refractivity contribution >= 4 is 51.7 Å². The summed E-state index contributed by atoms with van der Waals surface area (Å²) >= 11 is 12.5. The largest absolute Gasteiger partial charge is 0.241 e. The summed E-state index contributed by atoms with van der Waals surface area (Å²) in [4.78, 5) is 4.63. The third kappa shape index (κ3) is 3.66. The fraction of sp³-hybridized carbons (Fsp3) is 0.0667. The van der Waals surface area contributed by atoms with Crippen molar-refractivity contribution in [3.63, 3.8) is 0 Å². The van der Waals surface area contributed by atoms with Crippen LogP contribution in [0.4, 0.5) is 5.69 Å². The molecule has 1 radical (unpaired) electrons. The SMILES string of the molecule is CSC(=Nc1ccc(Cl)cc1)c1ccc[c]c1C=S. The van der Waals surface area contributed by atoms with Gasteiger partial charge < -0.3 is 0 Å². The van der Waals surface area contributed by atoms with Gasteiger partial charge in [0.25, 0.3) is 0 Å². The number of benzene rings is 2. The molecule has 0 bridgehead atoms. The molecule has 0 aromatic heterocycles. The lowest BCUT2D eigenvalue weighted by Gasteiger charge is -2.06. The third-order valence-electron chi connectivity index (χ3n) is 2.49. The maximum atomic E-state index is 5.87. The number of nitrogens with zero attached hydrogens (tertiary/aromatic N) is 1. The summed E-state index contributed by atoms with van der Waals surface area (Å²) in [5, 5.41) is 3.25. The molecule has 2 aromatic rings. The van der Waals surface area contributed by atoms with Gasteiger partial charge in [0.05, 0.1) is 5.69 Å². The molecule has 0 N–H and O–H groups in total. The average Bonchev–Trinajstić information content (AvgIpc) is 2.46. The first-order chi connectivity index (χ1) is 9.24. The Morgan fingerprint density at radius 3 is 2.68 bits per heavy atom. The Hall–Kier alpha value is -1.16. The summed E-state index contributed by atoms with van der Waals surface area (Å²) in [6, 6.07) is 16.3. The van der Waals surface area contributed by atoms with Crippen molar-refractivity contribution in [2.24, 2.45) is 4.99 Å². The molecule has 0 fully saturated rings. The first kappa shape index (κ1) is 14.3. The second-order valence-corrected chi connectivity index (χ2v) is 5.18. The smallest absolute Gasteiger partial charge is 0.104 e. The van der Waals surface area contributed by atoms with Gasteiger partial charge in [-0.3, -0.25) is 0 Å². The first-order valence-electron chi connectivity index (χ1n) is 5.59. The van der Waals surface area contributed by atoms with E-state index in [1.807, 2.05) is 48.7 Å². The predicted octanol–water partition coefficient (Wildman–Crippen LogP) is 4.93. The molecule has 0 saturated heterocycles. The van der Waals surface area contributed by atoms with Crippen LogP contribution in [0.3, 0.4) is 0 Å². The lowest BCUT2D eigenvalue weighted by Crippen LogP contribution is -1.99. The van der Waals surface area contributed by atoms with E-state index >= 15 is 0 Å². The first-order valence-corrected chi connectivity index (χ1v) is 7.66. The number of hydrogen-bond donors (Lipinski definition) is 0. The molecule has 2 aromatic carbocycles. The minimum atomic E-state index is 0.706. The van der Waals surface area contributed by atoms with Crippen molar-refractivity contribution in [3.8, 4) is 0 Å². The van der Waals surface area contributed by atoms with Crippen LogP contribution in [0.5, 0.6) is 0 Å². The molecule has 4 heteroatoms. The van der Waals surface area contributed by atoms with E-state index in [1.165, 1.54) is 0 Å². The number of thioether (sulfide) groups is 1. The van der Waals surface area contributed by atoms with Crippen molar-refractivity contribution < 1.29 is 0 Å². The Kier molecular flexibility index (Phi) is 5.14. The van der Waals surface area contributed by atoms with Crippen LogP contribution >= 0.6 is 35.6 Å². The van der Waals surface area contributed by atoms with Gasteiger partial charge in [-0.05, 0) is 36.6 Å². The minimum absolute atomic E-state index is 0.706. The van der Waals surface area contributed by atoms with Gasteiger partial charge in [0, 0.05) is 21.5 Å². The number of thiocarbonyl (C=S) groups is 1. The molecular formula is C15H11ClNS2. The van der Waals surface area contributed by atoms with Gasteiger partial charge in [0.15, 0.2) is 0 Å². The minimum Gasteiger partial charge on any atom is -0.241 e. The molecule has 0 atom stereocenters. The van der Waals surface area contributed by atoms with E-state index in [0.29, 0.717) is 5.02 Å². The van der Waals surface area contributed by atoms with Gasteiger partial charge in [-0.15, -0.1) is 11.8 Å². The van der Waals surface area contributed by atoms with Crippen molar-refractivity contribution in [2.45, 2.75) is 0 Å². The van der Waals surface area contributed by atoms with E-state index < -0.39 is 0 Å². The summed E-state index contributed by atoms with van der Waals surface area (Å²) in [5.41, 5.74) is 2.76. The number of halogens is 1. The Labute approximate surface area is 127 Å². The third-order valence-corrected chi connectivity index (χ3v) is 3.67. The topological polar surface area (TPSA) is 12.4 Å². The normalized spacial score (nSPS) is 11.4. The van der Waals surface area contributed by atoms with Gasteiger partial charge in [-0.2, -0.15) is 0 Å². The highest BCUT2D eigenvalue weighted by molar-refractivity contribution is 8.13. The second-order valence-electron chi connectivity index (χ2n) is 3.71. The standard InChI is InChI=1S/C15H11ClNS2/c1-19-15(14-5-3-2-4-11(14)10-18)17-13-8-6-12(16)7-9-13/h2-3,5-10H,1H3. The zero-order valence-electron chi connectivity index (χ0n) is 10.3. The molecule has 19 heavy (non-hydrogen) atoms. The van der Waals surface area contributed by atoms with Crippen LogP contribution in [0, 0.1) is 6.07 Å². The summed E-state index contributed by atoms with van der Waals surface area (Å²) < 4.78 is 0. The van der Waals surface area contributed by atoms with Gasteiger partial charge in [0.1, 0.15) is 5.04 Å². The highest BCUT2D eigenvalue weighted by atomic mass is 35.5. The molecule has 0 aliphatic rings. The maximum Gasteiger partial charge on any atom is 0.104 e. The van der Waals surface area contributed by atoms with Crippen molar-refractivity contribution in [2.75, 3.05) is 6.26 Å². The molecule has 0 saturated carbocycles. The summed E-state index contributed by atoms with van der Waals surface area (Å²) in [7, 11) is 0. The van der Waals surface area contributed by atoms with E-state index in [1.54, 1.807) is 17.1 Å². The van der Waals surface area contributed by atoms with E-state index in [0.717, 1.165) is 21.9 Å². The number of rotatable bonds is 3. The van der Waals surface area contributed by atoms with Crippen LogP contribution < -0.4 is 0 Å². The van der Waals surface area contributed by atoms with Gasteiger partial charge in [0.2, 0.25) is 0 Å². The molecule has 0 heterocycles. The average molecular weight is 305 g/mol. The molecule has 0 unspecified atom stereocenters. The molecular weight excluding hydrogens is 294 g/mol. The molecule has 2 rings (SSSR count). The van der Waals surface area contributed by atoms with E-state index in [-0.39, 0.29) is 0 Å². The quantitative estimate of drug-likeness (QED) is 0.453. The van der Waals surface area contributed by atoms with Crippen molar-refractivity contribution in [3.05, 3.63) is 64.7 Å². The number of aliphatic imine (C=N–C) groups is 1. The van der Waals surface area contributed by atoms with Crippen LogP contribution in [-0.2, 0) is 0 Å². The van der Waals surface area contributed by atoms with Gasteiger partial charge in [-0.25, -0.2) is 4.99 Å². The van der Waals surface area contributed by atoms with Crippen molar-refractivity contribution in [1.29, 1.82) is 0 Å². The van der Waals surface area contributed by atoms with Crippen molar-refractivity contribution in [1.82, 2.24) is 0 Å². The molecule has 0 spiro atoms. The predicted molar refractivity (Wildman–Crippen MR) is 89.2 cm³/mol. The molecule has 0 aliphatic carbocycles. The highest BCUT2D eigenvalue weighted by Gasteiger charge is 2.06. The summed E-state index contributed by atoms with van der Waals surface area (Å²) in [5.74, 6) is 0. The highest BCUT2D eigenvalue weighted by Crippen LogP contribution is 2.22. The Morgan fingerprint density at radius 2 is 2.05 bits per heavy atom. The van der Waals surface area contributed by atoms with Gasteiger partial charge >= 0.3 is 0 Å². The lowest BCUT2D eigenvalue weighted by molar-refractivity contribution is 1.51. The van der Waals surface area contributed by atoms with Crippen LogP contribution in [0.15, 0.2) is 47.5 Å². The number of hydrogen-bond acceptors (Lipinski definition) is 3. The second kappa shape index (κ2) is 6.85. The fourth-order valence-corrected chi connectivity index (χ4v) is 2.50. The van der Waals surface area contributed by atoms with E-state index in [9.17, 15) is 0 Å². The monoisotopic (exact) mass is 304 g/mol. The molecule has 1 nitrogen and oxygen atoms in total. The lowest BCUT2D eigenvalue weighted by atomic mass is 10.1. The van der Waals surface area contributed by atoms with Crippen LogP contribution in [0.2, 0.25) is 5.02 Å². The van der Waals surface area contributed by atoms with Crippen LogP contribution in [0.25, 0.3) is 0 Å². The van der Waals surface area contributed by atoms with Crippen LogP contribution in [-0.4, -0.2) is 16.7 Å². The van der Waals surface area contributed by atoms with E-state index in [2.05, 4.69) is 11.1 Å². The van der Waals surface area contributed by atoms with Crippen LogP contribution in [0.1, 0.15) is 11.1 Å².